The van der Waals surface area contributed by atoms with Crippen LogP contribution in [0.15, 0.2) is 35.7 Å². The molecule has 1 aliphatic heterocycles. The lowest BCUT2D eigenvalue weighted by Crippen LogP contribution is -2.37. The zero-order valence-corrected chi connectivity index (χ0v) is 15.2. The third kappa shape index (κ3) is 3.88. The summed E-state index contributed by atoms with van der Waals surface area (Å²) in [6.07, 6.45) is 2.07. The summed E-state index contributed by atoms with van der Waals surface area (Å²) in [5.41, 5.74) is 3.16. The number of benzene rings is 1. The van der Waals surface area contributed by atoms with Crippen molar-refractivity contribution in [2.45, 2.75) is 39.3 Å². The summed E-state index contributed by atoms with van der Waals surface area (Å²) in [5, 5.41) is 5.47. The van der Waals surface area contributed by atoms with Gasteiger partial charge in [0, 0.05) is 28.7 Å². The number of carbonyl (C=O) groups is 1. The normalized spacial score (nSPS) is 13.0. The van der Waals surface area contributed by atoms with Gasteiger partial charge in [-0.15, -0.1) is 23.7 Å². The standard InChI is InChI=1S/C18H22N2OS.ClH/c1-13(2)20(12-14-6-5-11-22-14)18(21)16-7-3-9-17-15(16)8-4-10-19-17;/h3,5-7,9,11,13,19H,4,8,10,12H2,1-2H3;1H. The van der Waals surface area contributed by atoms with Crippen LogP contribution in [0.2, 0.25) is 0 Å². The van der Waals surface area contributed by atoms with Crippen LogP contribution in [0.25, 0.3) is 0 Å². The molecular formula is C18H23ClN2OS. The number of carbonyl (C=O) groups excluding carboxylic acids is 1. The molecule has 0 atom stereocenters. The highest BCUT2D eigenvalue weighted by molar-refractivity contribution is 7.09. The van der Waals surface area contributed by atoms with Gasteiger partial charge in [0.05, 0.1) is 6.54 Å². The summed E-state index contributed by atoms with van der Waals surface area (Å²) < 4.78 is 0. The molecule has 1 N–H and O–H groups in total. The van der Waals surface area contributed by atoms with E-state index >= 15 is 0 Å². The molecule has 1 aromatic heterocycles. The van der Waals surface area contributed by atoms with E-state index in [0.29, 0.717) is 6.54 Å². The quantitative estimate of drug-likeness (QED) is 0.875. The zero-order valence-electron chi connectivity index (χ0n) is 13.5. The van der Waals surface area contributed by atoms with Crippen molar-refractivity contribution in [3.05, 3.63) is 51.7 Å². The van der Waals surface area contributed by atoms with Crippen molar-refractivity contribution in [3.8, 4) is 0 Å². The van der Waals surface area contributed by atoms with Crippen LogP contribution in [0.4, 0.5) is 5.69 Å². The second kappa shape index (κ2) is 7.84. The molecule has 3 rings (SSSR count). The number of amides is 1. The molecule has 0 aliphatic carbocycles. The van der Waals surface area contributed by atoms with Gasteiger partial charge >= 0.3 is 0 Å². The minimum absolute atomic E-state index is 0. The number of hydrogen-bond donors (Lipinski definition) is 1. The topological polar surface area (TPSA) is 32.3 Å². The van der Waals surface area contributed by atoms with Gasteiger partial charge < -0.3 is 10.2 Å². The zero-order chi connectivity index (χ0) is 15.5. The van der Waals surface area contributed by atoms with Gasteiger partial charge in [0.1, 0.15) is 0 Å². The molecule has 2 heterocycles. The fourth-order valence-electron chi connectivity index (χ4n) is 2.92. The maximum atomic E-state index is 13.1. The van der Waals surface area contributed by atoms with E-state index in [1.807, 2.05) is 23.1 Å². The number of nitrogens with zero attached hydrogens (tertiary/aromatic N) is 1. The summed E-state index contributed by atoms with van der Waals surface area (Å²) >= 11 is 1.70. The van der Waals surface area contributed by atoms with Crippen LogP contribution in [-0.2, 0) is 13.0 Å². The molecule has 2 aromatic rings. The predicted molar refractivity (Wildman–Crippen MR) is 99.8 cm³/mol. The first-order chi connectivity index (χ1) is 10.7. The summed E-state index contributed by atoms with van der Waals surface area (Å²) in [5.74, 6) is 0.143. The Kier molecular flexibility index (Phi) is 6.08. The highest BCUT2D eigenvalue weighted by Crippen LogP contribution is 2.27. The van der Waals surface area contributed by atoms with Crippen molar-refractivity contribution in [2.75, 3.05) is 11.9 Å². The van der Waals surface area contributed by atoms with Gasteiger partial charge in [0.15, 0.2) is 0 Å². The fourth-order valence-corrected chi connectivity index (χ4v) is 3.63. The van der Waals surface area contributed by atoms with Gasteiger partial charge in [0.2, 0.25) is 0 Å². The van der Waals surface area contributed by atoms with E-state index in [1.54, 1.807) is 11.3 Å². The first kappa shape index (κ1) is 17.8. The van der Waals surface area contributed by atoms with Gasteiger partial charge in [-0.05, 0) is 55.8 Å². The Morgan fingerprint density at radius 1 is 1.30 bits per heavy atom. The first-order valence-electron chi connectivity index (χ1n) is 7.86. The summed E-state index contributed by atoms with van der Waals surface area (Å²) in [6, 6.07) is 10.3. The van der Waals surface area contributed by atoms with Crippen molar-refractivity contribution in [1.29, 1.82) is 0 Å². The lowest BCUT2D eigenvalue weighted by atomic mass is 9.96. The van der Waals surface area contributed by atoms with Crippen molar-refractivity contribution in [2.24, 2.45) is 0 Å². The molecule has 23 heavy (non-hydrogen) atoms. The maximum absolute atomic E-state index is 13.1. The average molecular weight is 351 g/mol. The Hall–Kier alpha value is -1.52. The van der Waals surface area contributed by atoms with Crippen LogP contribution in [0.3, 0.4) is 0 Å². The number of fused-ring (bicyclic) bond motifs is 1. The number of anilines is 1. The second-order valence-corrected chi connectivity index (χ2v) is 7.00. The van der Waals surface area contributed by atoms with E-state index in [9.17, 15) is 4.79 Å². The average Bonchev–Trinajstić information content (AvgIpc) is 3.04. The minimum Gasteiger partial charge on any atom is -0.385 e. The smallest absolute Gasteiger partial charge is 0.254 e. The predicted octanol–water partition coefficient (Wildman–Crippen LogP) is 4.58. The molecule has 0 bridgehead atoms. The summed E-state index contributed by atoms with van der Waals surface area (Å²) in [6.45, 7) is 5.84. The third-order valence-electron chi connectivity index (χ3n) is 4.12. The summed E-state index contributed by atoms with van der Waals surface area (Å²) in [4.78, 5) is 16.3. The number of thiophene rings is 1. The van der Waals surface area contributed by atoms with Gasteiger partial charge in [0.25, 0.3) is 5.91 Å². The molecule has 0 fully saturated rings. The fraction of sp³-hybridized carbons (Fsp3) is 0.389. The van der Waals surface area contributed by atoms with Gasteiger partial charge in [-0.25, -0.2) is 0 Å². The number of rotatable bonds is 4. The van der Waals surface area contributed by atoms with Gasteiger partial charge in [-0.3, -0.25) is 4.79 Å². The van der Waals surface area contributed by atoms with Crippen molar-refractivity contribution >= 4 is 35.3 Å². The van der Waals surface area contributed by atoms with Crippen LogP contribution in [0.5, 0.6) is 0 Å². The van der Waals surface area contributed by atoms with Crippen LogP contribution in [0.1, 0.15) is 41.1 Å². The van der Waals surface area contributed by atoms with Crippen molar-refractivity contribution < 1.29 is 4.79 Å². The lowest BCUT2D eigenvalue weighted by Gasteiger charge is -2.29. The Labute approximate surface area is 148 Å². The number of halogens is 1. The molecule has 124 valence electrons. The van der Waals surface area contributed by atoms with E-state index in [1.165, 1.54) is 10.4 Å². The first-order valence-corrected chi connectivity index (χ1v) is 8.74. The van der Waals surface area contributed by atoms with E-state index in [0.717, 1.165) is 30.6 Å². The Morgan fingerprint density at radius 3 is 2.83 bits per heavy atom. The molecule has 0 saturated heterocycles. The Bertz CT molecular complexity index is 655. The number of hydrogen-bond acceptors (Lipinski definition) is 3. The van der Waals surface area contributed by atoms with Crippen molar-refractivity contribution in [1.82, 2.24) is 4.90 Å². The molecule has 1 amide bonds. The Balaban J connectivity index is 0.00000192. The molecule has 1 aliphatic rings. The van der Waals surface area contributed by atoms with Crippen LogP contribution in [-0.4, -0.2) is 23.4 Å². The molecule has 3 nitrogen and oxygen atoms in total. The highest BCUT2D eigenvalue weighted by Gasteiger charge is 2.24. The molecule has 0 unspecified atom stereocenters. The van der Waals surface area contributed by atoms with Crippen LogP contribution >= 0.6 is 23.7 Å². The van der Waals surface area contributed by atoms with E-state index in [-0.39, 0.29) is 24.4 Å². The largest absolute Gasteiger partial charge is 0.385 e. The van der Waals surface area contributed by atoms with Gasteiger partial charge in [-0.1, -0.05) is 12.1 Å². The maximum Gasteiger partial charge on any atom is 0.254 e. The lowest BCUT2D eigenvalue weighted by molar-refractivity contribution is 0.0691. The monoisotopic (exact) mass is 350 g/mol. The van der Waals surface area contributed by atoms with Gasteiger partial charge in [-0.2, -0.15) is 0 Å². The Morgan fingerprint density at radius 2 is 2.13 bits per heavy atom. The third-order valence-corrected chi connectivity index (χ3v) is 4.98. The van der Waals surface area contributed by atoms with E-state index in [2.05, 4.69) is 36.7 Å². The molecular weight excluding hydrogens is 328 g/mol. The van der Waals surface area contributed by atoms with E-state index in [4.69, 9.17) is 0 Å². The SMILES string of the molecule is CC(C)N(Cc1cccs1)C(=O)c1cccc2c1CCCN2.Cl. The van der Waals surface area contributed by atoms with Crippen LogP contribution < -0.4 is 5.32 Å². The molecule has 0 spiro atoms. The molecule has 0 saturated carbocycles. The van der Waals surface area contributed by atoms with Crippen LogP contribution in [0, 0.1) is 0 Å². The number of nitrogens with one attached hydrogen (secondary N) is 1. The molecule has 1 aromatic carbocycles. The summed E-state index contributed by atoms with van der Waals surface area (Å²) in [7, 11) is 0. The highest BCUT2D eigenvalue weighted by atomic mass is 35.5. The van der Waals surface area contributed by atoms with Crippen molar-refractivity contribution in [3.63, 3.8) is 0 Å². The second-order valence-electron chi connectivity index (χ2n) is 5.97. The molecule has 5 heteroatoms. The van der Waals surface area contributed by atoms with E-state index < -0.39 is 0 Å². The molecule has 0 radical (unpaired) electrons. The minimum atomic E-state index is 0.